The Morgan fingerprint density at radius 1 is 0.941 bits per heavy atom. The first-order chi connectivity index (χ1) is 16.5. The molecule has 10 heteroatoms. The Labute approximate surface area is 202 Å². The maximum absolute atomic E-state index is 12.7. The second kappa shape index (κ2) is 10.5. The van der Waals surface area contributed by atoms with Crippen LogP contribution < -0.4 is 10.0 Å². The lowest BCUT2D eigenvalue weighted by atomic mass is 10.1. The molecule has 1 heterocycles. The molecule has 1 amide bonds. The molecule has 34 heavy (non-hydrogen) atoms. The molecule has 2 N–H and O–H groups in total. The summed E-state index contributed by atoms with van der Waals surface area (Å²) in [5.41, 5.74) is 2.77. The maximum Gasteiger partial charge on any atom is 0.261 e. The van der Waals surface area contributed by atoms with Crippen LogP contribution in [0.3, 0.4) is 0 Å². The van der Waals surface area contributed by atoms with E-state index in [9.17, 15) is 13.2 Å². The number of nitrogens with one attached hydrogen (secondary N) is 2. The molecule has 0 spiro atoms. The number of benzene rings is 3. The zero-order chi connectivity index (χ0) is 24.0. The molecule has 0 fully saturated rings. The number of thioether (sulfide) groups is 1. The van der Waals surface area contributed by atoms with E-state index >= 15 is 0 Å². The number of hydrogen-bond acceptors (Lipinski definition) is 6. The van der Waals surface area contributed by atoms with Gasteiger partial charge in [-0.05, 0) is 42.3 Å². The van der Waals surface area contributed by atoms with Crippen LogP contribution in [-0.2, 0) is 21.2 Å². The van der Waals surface area contributed by atoms with E-state index in [1.807, 2.05) is 28.8 Å². The summed E-state index contributed by atoms with van der Waals surface area (Å²) >= 11 is 1.25. The molecule has 3 aromatic carbocycles. The summed E-state index contributed by atoms with van der Waals surface area (Å²) < 4.78 is 29.8. The smallest absolute Gasteiger partial charge is 0.261 e. The van der Waals surface area contributed by atoms with E-state index in [1.165, 1.54) is 23.9 Å². The van der Waals surface area contributed by atoms with E-state index < -0.39 is 10.0 Å². The standard InChI is InChI=1S/C24H23N5O3S2/c1-2-18-10-6-9-15-22(18)29-17-25-27-24(29)33-16-23(30)26-20-13-7-8-14-21(20)28-34(31,32)19-11-4-3-5-12-19/h3-15,17,28H,2,16H2,1H3,(H,26,30). The van der Waals surface area contributed by atoms with E-state index in [1.54, 1.807) is 48.8 Å². The second-order valence-corrected chi connectivity index (χ2v) is 9.89. The molecule has 0 aliphatic carbocycles. The Balaban J connectivity index is 1.45. The second-order valence-electron chi connectivity index (χ2n) is 7.27. The molecule has 0 radical (unpaired) electrons. The normalized spacial score (nSPS) is 11.2. The SMILES string of the molecule is CCc1ccccc1-n1cnnc1SCC(=O)Nc1ccccc1NS(=O)(=O)c1ccccc1. The topological polar surface area (TPSA) is 106 Å². The minimum Gasteiger partial charge on any atom is -0.324 e. The molecule has 174 valence electrons. The Hall–Kier alpha value is -3.63. The fraction of sp³-hybridized carbons (Fsp3) is 0.125. The van der Waals surface area contributed by atoms with Crippen LogP contribution in [0.1, 0.15) is 12.5 Å². The molecule has 0 saturated carbocycles. The third kappa shape index (κ3) is 5.46. The number of carbonyl (C=O) groups excluding carboxylic acids is 1. The number of rotatable bonds is 9. The Bertz CT molecular complexity index is 1390. The van der Waals surface area contributed by atoms with Gasteiger partial charge in [0.15, 0.2) is 5.16 Å². The number of nitrogens with zero attached hydrogens (tertiary/aromatic N) is 3. The summed E-state index contributed by atoms with van der Waals surface area (Å²) in [6, 6.07) is 22.7. The highest BCUT2D eigenvalue weighted by Crippen LogP contribution is 2.26. The number of aromatic nitrogens is 3. The summed E-state index contributed by atoms with van der Waals surface area (Å²) in [6.45, 7) is 2.08. The Morgan fingerprint density at radius 2 is 1.62 bits per heavy atom. The van der Waals surface area contributed by atoms with Crippen molar-refractivity contribution in [1.82, 2.24) is 14.8 Å². The predicted octanol–water partition coefficient (Wildman–Crippen LogP) is 4.36. The van der Waals surface area contributed by atoms with E-state index in [0.717, 1.165) is 17.7 Å². The van der Waals surface area contributed by atoms with Gasteiger partial charge in [-0.15, -0.1) is 10.2 Å². The van der Waals surface area contributed by atoms with E-state index in [4.69, 9.17) is 0 Å². The van der Waals surface area contributed by atoms with Gasteiger partial charge in [0.05, 0.1) is 27.7 Å². The van der Waals surface area contributed by atoms with Crippen molar-refractivity contribution in [1.29, 1.82) is 0 Å². The molecule has 1 aromatic heterocycles. The van der Waals surface area contributed by atoms with Gasteiger partial charge in [-0.2, -0.15) is 0 Å². The third-order valence-electron chi connectivity index (χ3n) is 4.98. The van der Waals surface area contributed by atoms with Gasteiger partial charge in [0.25, 0.3) is 10.0 Å². The van der Waals surface area contributed by atoms with Crippen LogP contribution in [0.4, 0.5) is 11.4 Å². The number of aryl methyl sites for hydroxylation is 1. The minimum absolute atomic E-state index is 0.0761. The molecule has 0 aliphatic rings. The molecular formula is C24H23N5O3S2. The van der Waals surface area contributed by atoms with Crippen molar-refractivity contribution in [2.75, 3.05) is 15.8 Å². The zero-order valence-corrected chi connectivity index (χ0v) is 20.0. The van der Waals surface area contributed by atoms with Crippen molar-refractivity contribution >= 4 is 39.1 Å². The van der Waals surface area contributed by atoms with Gasteiger partial charge in [0.2, 0.25) is 5.91 Å². The number of carbonyl (C=O) groups is 1. The Morgan fingerprint density at radius 3 is 2.38 bits per heavy atom. The lowest BCUT2D eigenvalue weighted by Gasteiger charge is -2.14. The number of sulfonamides is 1. The number of amides is 1. The molecule has 0 bridgehead atoms. The third-order valence-corrected chi connectivity index (χ3v) is 7.30. The first-order valence-electron chi connectivity index (χ1n) is 10.6. The highest BCUT2D eigenvalue weighted by atomic mass is 32.2. The average molecular weight is 494 g/mol. The summed E-state index contributed by atoms with van der Waals surface area (Å²) in [5.74, 6) is -0.220. The van der Waals surface area contributed by atoms with Crippen molar-refractivity contribution in [3.63, 3.8) is 0 Å². The van der Waals surface area contributed by atoms with Gasteiger partial charge in [0, 0.05) is 0 Å². The van der Waals surface area contributed by atoms with Crippen LogP contribution >= 0.6 is 11.8 Å². The summed E-state index contributed by atoms with van der Waals surface area (Å²) in [4.78, 5) is 12.8. The van der Waals surface area contributed by atoms with Crippen LogP contribution in [0.2, 0.25) is 0 Å². The van der Waals surface area contributed by atoms with Crippen molar-refractivity contribution in [3.05, 3.63) is 90.8 Å². The van der Waals surface area contributed by atoms with Gasteiger partial charge in [-0.25, -0.2) is 8.42 Å². The van der Waals surface area contributed by atoms with Gasteiger partial charge in [0.1, 0.15) is 6.33 Å². The molecular weight excluding hydrogens is 470 g/mol. The Kier molecular flexibility index (Phi) is 7.29. The fourth-order valence-electron chi connectivity index (χ4n) is 3.33. The first kappa shape index (κ1) is 23.5. The molecule has 0 aliphatic heterocycles. The van der Waals surface area contributed by atoms with Crippen LogP contribution in [0.5, 0.6) is 0 Å². The van der Waals surface area contributed by atoms with Gasteiger partial charge in [-0.1, -0.05) is 67.2 Å². The molecule has 0 saturated heterocycles. The molecule has 4 rings (SSSR count). The maximum atomic E-state index is 12.7. The van der Waals surface area contributed by atoms with Crippen molar-refractivity contribution in [3.8, 4) is 5.69 Å². The molecule has 4 aromatic rings. The number of para-hydroxylation sites is 3. The molecule has 0 unspecified atom stereocenters. The average Bonchev–Trinajstić information content (AvgIpc) is 3.33. The number of anilines is 2. The van der Waals surface area contributed by atoms with Crippen LogP contribution in [-0.4, -0.2) is 34.8 Å². The first-order valence-corrected chi connectivity index (χ1v) is 13.0. The minimum atomic E-state index is -3.79. The van der Waals surface area contributed by atoms with Crippen LogP contribution in [0.15, 0.2) is 95.2 Å². The van der Waals surface area contributed by atoms with E-state index in [2.05, 4.69) is 27.2 Å². The van der Waals surface area contributed by atoms with Crippen LogP contribution in [0, 0.1) is 0 Å². The summed E-state index contributed by atoms with van der Waals surface area (Å²) in [5, 5.41) is 11.5. The number of hydrogen-bond donors (Lipinski definition) is 2. The van der Waals surface area contributed by atoms with Gasteiger partial charge >= 0.3 is 0 Å². The zero-order valence-electron chi connectivity index (χ0n) is 18.4. The highest BCUT2D eigenvalue weighted by molar-refractivity contribution is 7.99. The predicted molar refractivity (Wildman–Crippen MR) is 134 cm³/mol. The molecule has 8 nitrogen and oxygen atoms in total. The van der Waals surface area contributed by atoms with E-state index in [0.29, 0.717) is 10.8 Å². The molecule has 0 atom stereocenters. The van der Waals surface area contributed by atoms with Crippen molar-refractivity contribution < 1.29 is 13.2 Å². The lowest BCUT2D eigenvalue weighted by Crippen LogP contribution is -2.18. The highest BCUT2D eigenvalue weighted by Gasteiger charge is 2.17. The quantitative estimate of drug-likeness (QED) is 0.336. The summed E-state index contributed by atoms with van der Waals surface area (Å²) in [6.07, 6.45) is 2.48. The van der Waals surface area contributed by atoms with E-state index in [-0.39, 0.29) is 22.2 Å². The van der Waals surface area contributed by atoms with Crippen molar-refractivity contribution in [2.45, 2.75) is 23.4 Å². The van der Waals surface area contributed by atoms with Crippen LogP contribution in [0.25, 0.3) is 5.69 Å². The largest absolute Gasteiger partial charge is 0.324 e. The monoisotopic (exact) mass is 493 g/mol. The van der Waals surface area contributed by atoms with Crippen molar-refractivity contribution in [2.24, 2.45) is 0 Å². The summed E-state index contributed by atoms with van der Waals surface area (Å²) in [7, 11) is -3.79. The van der Waals surface area contributed by atoms with Gasteiger partial charge < -0.3 is 5.32 Å². The fourth-order valence-corrected chi connectivity index (χ4v) is 5.16. The lowest BCUT2D eigenvalue weighted by molar-refractivity contribution is -0.113. The van der Waals surface area contributed by atoms with Gasteiger partial charge in [-0.3, -0.25) is 14.1 Å².